The van der Waals surface area contributed by atoms with E-state index in [4.69, 9.17) is 0 Å². The topological polar surface area (TPSA) is 67.2 Å². The first-order chi connectivity index (χ1) is 13.4. The Bertz CT molecular complexity index is 1160. The summed E-state index contributed by atoms with van der Waals surface area (Å²) >= 11 is 3.40. The molecule has 1 aromatic heterocycles. The van der Waals surface area contributed by atoms with Crippen molar-refractivity contribution in [3.8, 4) is 5.69 Å². The molecule has 0 radical (unpaired) electrons. The van der Waals surface area contributed by atoms with Crippen LogP contribution in [0.2, 0.25) is 0 Å². The van der Waals surface area contributed by atoms with Crippen molar-refractivity contribution >= 4 is 39.2 Å². The molecule has 0 aliphatic carbocycles. The Balaban J connectivity index is 1.78. The first-order valence-corrected chi connectivity index (χ1v) is 9.43. The van der Waals surface area contributed by atoms with E-state index in [1.807, 2.05) is 24.3 Å². The summed E-state index contributed by atoms with van der Waals surface area (Å²) in [5, 5.41) is 7.27. The third kappa shape index (κ3) is 2.15. The van der Waals surface area contributed by atoms with Crippen molar-refractivity contribution in [1.29, 1.82) is 0 Å². The Hall–Kier alpha value is -3.00. The number of likely N-dealkylation sites (N-methyl/N-ethyl adjacent to an activating group) is 1. The third-order valence-electron chi connectivity index (χ3n) is 5.43. The van der Waals surface area contributed by atoms with Gasteiger partial charge in [-0.2, -0.15) is 5.10 Å². The Kier molecular flexibility index (Phi) is 3.51. The number of amides is 2. The van der Waals surface area contributed by atoms with Crippen molar-refractivity contribution in [3.63, 3.8) is 0 Å². The molecule has 3 aromatic rings. The lowest BCUT2D eigenvalue weighted by Gasteiger charge is -2.32. The molecule has 6 nitrogen and oxygen atoms in total. The van der Waals surface area contributed by atoms with E-state index < -0.39 is 11.2 Å². The summed E-state index contributed by atoms with van der Waals surface area (Å²) in [5.74, 6) is -0.601. The molecule has 2 amide bonds. The van der Waals surface area contributed by atoms with Gasteiger partial charge in [0.05, 0.1) is 11.9 Å². The van der Waals surface area contributed by atoms with Crippen LogP contribution in [0.3, 0.4) is 0 Å². The predicted molar refractivity (Wildman–Crippen MR) is 105 cm³/mol. The molecule has 0 saturated heterocycles. The number of anilines is 2. The van der Waals surface area contributed by atoms with Crippen LogP contribution in [0.25, 0.3) is 5.69 Å². The second-order valence-electron chi connectivity index (χ2n) is 6.95. The maximum absolute atomic E-state index is 14.1. The summed E-state index contributed by atoms with van der Waals surface area (Å²) in [7, 11) is 1.64. The minimum atomic E-state index is -1.28. The molecule has 28 heavy (non-hydrogen) atoms. The SMILES string of the molecule is CN1C(=O)C2(CC(=O)Nc3c2cnn3-c2ccc(Br)cc2)c2cc(F)ccc21. The van der Waals surface area contributed by atoms with Crippen molar-refractivity contribution in [2.45, 2.75) is 11.8 Å². The molecule has 2 aliphatic rings. The average Bonchev–Trinajstić information content (AvgIpc) is 3.17. The van der Waals surface area contributed by atoms with Crippen molar-refractivity contribution in [2.24, 2.45) is 0 Å². The molecular weight excluding hydrogens is 427 g/mol. The van der Waals surface area contributed by atoms with Crippen molar-refractivity contribution < 1.29 is 14.0 Å². The predicted octanol–water partition coefficient (Wildman–Crippen LogP) is 3.38. The van der Waals surface area contributed by atoms with Gasteiger partial charge in [-0.1, -0.05) is 15.9 Å². The maximum Gasteiger partial charge on any atom is 0.242 e. The normalized spacial score (nSPS) is 20.3. The van der Waals surface area contributed by atoms with Gasteiger partial charge in [0.25, 0.3) is 0 Å². The van der Waals surface area contributed by atoms with Crippen LogP contribution in [0.4, 0.5) is 15.9 Å². The molecule has 2 aromatic carbocycles. The zero-order chi connectivity index (χ0) is 19.6. The number of fused-ring (bicyclic) bond motifs is 4. The minimum Gasteiger partial charge on any atom is -0.314 e. The summed E-state index contributed by atoms with van der Waals surface area (Å²) in [6, 6.07) is 11.7. The molecule has 1 atom stereocenters. The largest absolute Gasteiger partial charge is 0.314 e. The second-order valence-corrected chi connectivity index (χ2v) is 7.87. The van der Waals surface area contributed by atoms with Crippen LogP contribution in [-0.4, -0.2) is 28.6 Å². The van der Waals surface area contributed by atoms with Gasteiger partial charge in [0.1, 0.15) is 17.1 Å². The van der Waals surface area contributed by atoms with Crippen molar-refractivity contribution in [1.82, 2.24) is 9.78 Å². The van der Waals surface area contributed by atoms with Crippen LogP contribution >= 0.6 is 15.9 Å². The van der Waals surface area contributed by atoms with Gasteiger partial charge in [-0.25, -0.2) is 9.07 Å². The number of hydrogen-bond acceptors (Lipinski definition) is 3. The minimum absolute atomic E-state index is 0.0916. The summed E-state index contributed by atoms with van der Waals surface area (Å²) < 4.78 is 16.6. The molecule has 0 saturated carbocycles. The number of carbonyl (C=O) groups excluding carboxylic acids is 2. The highest BCUT2D eigenvalue weighted by atomic mass is 79.9. The van der Waals surface area contributed by atoms with Crippen LogP contribution in [0.15, 0.2) is 53.1 Å². The molecular formula is C20H14BrFN4O2. The zero-order valence-corrected chi connectivity index (χ0v) is 16.3. The number of nitrogens with one attached hydrogen (secondary N) is 1. The van der Waals surface area contributed by atoms with Gasteiger partial charge in [-0.3, -0.25) is 9.59 Å². The molecule has 1 N–H and O–H groups in total. The van der Waals surface area contributed by atoms with E-state index in [-0.39, 0.29) is 18.2 Å². The molecule has 0 fully saturated rings. The van der Waals surface area contributed by atoms with Gasteiger partial charge in [0.15, 0.2) is 0 Å². The molecule has 3 heterocycles. The van der Waals surface area contributed by atoms with E-state index >= 15 is 0 Å². The molecule has 8 heteroatoms. The van der Waals surface area contributed by atoms with E-state index in [1.54, 1.807) is 24.0 Å². The monoisotopic (exact) mass is 440 g/mol. The van der Waals surface area contributed by atoms with Crippen molar-refractivity contribution in [3.05, 3.63) is 70.1 Å². The van der Waals surface area contributed by atoms with Gasteiger partial charge in [0, 0.05) is 29.2 Å². The van der Waals surface area contributed by atoms with Gasteiger partial charge in [-0.05, 0) is 48.0 Å². The standard InChI is InChI=1S/C20H14BrFN4O2/c1-25-16-7-4-12(22)8-14(16)20(19(25)28)9-17(27)24-18-15(20)10-23-26(18)13-5-2-11(21)3-6-13/h2-8,10H,9H2,1H3,(H,24,27). The number of carbonyl (C=O) groups is 2. The Morgan fingerprint density at radius 1 is 1.14 bits per heavy atom. The zero-order valence-electron chi connectivity index (χ0n) is 14.7. The maximum atomic E-state index is 14.1. The van der Waals surface area contributed by atoms with E-state index in [0.717, 1.165) is 10.2 Å². The average molecular weight is 441 g/mol. The van der Waals surface area contributed by atoms with Crippen LogP contribution in [0, 0.1) is 5.82 Å². The number of nitrogens with zero attached hydrogens (tertiary/aromatic N) is 3. The molecule has 0 bridgehead atoms. The summed E-state index contributed by atoms with van der Waals surface area (Å²) in [4.78, 5) is 27.5. The summed E-state index contributed by atoms with van der Waals surface area (Å²) in [6.07, 6.45) is 1.49. The lowest BCUT2D eigenvalue weighted by molar-refractivity contribution is -0.126. The number of aromatic nitrogens is 2. The van der Waals surface area contributed by atoms with Crippen LogP contribution in [-0.2, 0) is 15.0 Å². The van der Waals surface area contributed by atoms with E-state index in [2.05, 4.69) is 26.3 Å². The molecule has 1 spiro atoms. The fraction of sp³-hybridized carbons (Fsp3) is 0.150. The van der Waals surface area contributed by atoms with Crippen LogP contribution < -0.4 is 10.2 Å². The highest BCUT2D eigenvalue weighted by Gasteiger charge is 2.56. The third-order valence-corrected chi connectivity index (χ3v) is 5.96. The van der Waals surface area contributed by atoms with E-state index in [0.29, 0.717) is 22.6 Å². The van der Waals surface area contributed by atoms with Crippen molar-refractivity contribution in [2.75, 3.05) is 17.3 Å². The Morgan fingerprint density at radius 2 is 1.89 bits per heavy atom. The molecule has 2 aliphatic heterocycles. The smallest absolute Gasteiger partial charge is 0.242 e. The van der Waals surface area contributed by atoms with Crippen LogP contribution in [0.1, 0.15) is 17.5 Å². The second kappa shape index (κ2) is 5.75. The lowest BCUT2D eigenvalue weighted by atomic mass is 9.72. The summed E-state index contributed by atoms with van der Waals surface area (Å²) in [5.41, 5.74) is 1.11. The molecule has 140 valence electrons. The van der Waals surface area contributed by atoms with Crippen LogP contribution in [0.5, 0.6) is 0 Å². The Morgan fingerprint density at radius 3 is 2.64 bits per heavy atom. The van der Waals surface area contributed by atoms with E-state index in [1.165, 1.54) is 17.0 Å². The number of halogens is 2. The van der Waals surface area contributed by atoms with Gasteiger partial charge in [0.2, 0.25) is 11.8 Å². The summed E-state index contributed by atoms with van der Waals surface area (Å²) in [6.45, 7) is 0. The van der Waals surface area contributed by atoms with Gasteiger partial charge < -0.3 is 10.2 Å². The number of hydrogen-bond donors (Lipinski definition) is 1. The highest BCUT2D eigenvalue weighted by Crippen LogP contribution is 2.52. The quantitative estimate of drug-likeness (QED) is 0.630. The van der Waals surface area contributed by atoms with Gasteiger partial charge >= 0.3 is 0 Å². The number of benzene rings is 2. The van der Waals surface area contributed by atoms with E-state index in [9.17, 15) is 14.0 Å². The fourth-order valence-corrected chi connectivity index (χ4v) is 4.42. The number of rotatable bonds is 1. The first-order valence-electron chi connectivity index (χ1n) is 8.64. The molecule has 5 rings (SSSR count). The lowest BCUT2D eigenvalue weighted by Crippen LogP contribution is -2.45. The molecule has 1 unspecified atom stereocenters. The Labute approximate surface area is 168 Å². The van der Waals surface area contributed by atoms with Gasteiger partial charge in [-0.15, -0.1) is 0 Å². The highest BCUT2D eigenvalue weighted by molar-refractivity contribution is 9.10. The first kappa shape index (κ1) is 17.1. The fourth-order valence-electron chi connectivity index (χ4n) is 4.16.